The minimum Gasteiger partial charge on any atom is -0.0976 e. The van der Waals surface area contributed by atoms with Gasteiger partial charge in [0.25, 0.3) is 0 Å². The third-order valence-electron chi connectivity index (χ3n) is 0.643. The fraction of sp³-hybridized carbons (Fsp3) is 0.143. The highest BCUT2D eigenvalue weighted by Gasteiger charge is 1.73. The van der Waals surface area contributed by atoms with Gasteiger partial charge in [-0.2, -0.15) is 0 Å². The molecule has 0 aromatic heterocycles. The summed E-state index contributed by atoms with van der Waals surface area (Å²) in [6.45, 7) is 5.41. The highest BCUT2D eigenvalue weighted by Crippen LogP contribution is 2.00. The Bertz CT molecular complexity index is 120. The maximum absolute atomic E-state index is 5.54. The lowest BCUT2D eigenvalue weighted by molar-refractivity contribution is 1.72. The molecule has 0 aromatic carbocycles. The molecule has 1 heteroatoms. The van der Waals surface area contributed by atoms with Gasteiger partial charge in [0.1, 0.15) is 0 Å². The zero-order valence-corrected chi connectivity index (χ0v) is 5.65. The third-order valence-corrected chi connectivity index (χ3v) is 0.923. The first-order valence-electron chi connectivity index (χ1n) is 2.42. The normalized spacial score (nSPS) is 12.5. The largest absolute Gasteiger partial charge is 0.0976 e. The number of rotatable bonds is 2. The third kappa shape index (κ3) is 3.69. The smallest absolute Gasteiger partial charge is 0.0399 e. The molecule has 0 heterocycles. The predicted molar refractivity (Wildman–Crippen MR) is 38.9 cm³/mol. The second kappa shape index (κ2) is 4.66. The van der Waals surface area contributed by atoms with E-state index in [1.54, 1.807) is 12.2 Å². The van der Waals surface area contributed by atoms with Crippen LogP contribution in [0.1, 0.15) is 6.92 Å². The van der Waals surface area contributed by atoms with Crippen molar-refractivity contribution in [1.82, 2.24) is 0 Å². The molecule has 8 heavy (non-hydrogen) atoms. The molecule has 0 N–H and O–H groups in total. The molecular formula is C7H9Cl. The van der Waals surface area contributed by atoms with Crippen LogP contribution in [0.3, 0.4) is 0 Å². The Hall–Kier alpha value is -0.490. The van der Waals surface area contributed by atoms with Crippen LogP contribution in [-0.2, 0) is 0 Å². The first-order chi connectivity index (χ1) is 3.81. The van der Waals surface area contributed by atoms with Crippen LogP contribution in [-0.4, -0.2) is 0 Å². The molecule has 0 bridgehead atoms. The van der Waals surface area contributed by atoms with Crippen molar-refractivity contribution < 1.29 is 0 Å². The van der Waals surface area contributed by atoms with E-state index < -0.39 is 0 Å². The lowest BCUT2D eigenvalue weighted by atomic mass is 10.4. The first kappa shape index (κ1) is 7.51. The highest BCUT2D eigenvalue weighted by atomic mass is 35.5. The summed E-state index contributed by atoms with van der Waals surface area (Å²) in [5.41, 5.74) is 0. The van der Waals surface area contributed by atoms with Gasteiger partial charge in [0.2, 0.25) is 0 Å². The van der Waals surface area contributed by atoms with Gasteiger partial charge in [-0.15, -0.1) is 0 Å². The van der Waals surface area contributed by atoms with Gasteiger partial charge in [0, 0.05) is 5.03 Å². The van der Waals surface area contributed by atoms with Gasteiger partial charge in [-0.25, -0.2) is 0 Å². The zero-order valence-electron chi connectivity index (χ0n) is 4.89. The molecule has 0 aliphatic rings. The average Bonchev–Trinajstić information content (AvgIpc) is 1.83. The van der Waals surface area contributed by atoms with E-state index in [1.165, 1.54) is 0 Å². The number of allylic oxidation sites excluding steroid dienone is 5. The van der Waals surface area contributed by atoms with Crippen molar-refractivity contribution in [3.8, 4) is 0 Å². The molecule has 0 spiro atoms. The van der Waals surface area contributed by atoms with Crippen molar-refractivity contribution in [3.63, 3.8) is 0 Å². The molecule has 0 saturated heterocycles. The van der Waals surface area contributed by atoms with E-state index in [4.69, 9.17) is 11.6 Å². The monoisotopic (exact) mass is 128 g/mol. The van der Waals surface area contributed by atoms with Crippen LogP contribution in [0.4, 0.5) is 0 Å². The number of hydrogen-bond acceptors (Lipinski definition) is 0. The summed E-state index contributed by atoms with van der Waals surface area (Å²) < 4.78 is 0. The summed E-state index contributed by atoms with van der Waals surface area (Å²) in [4.78, 5) is 0. The standard InChI is InChI=1S/C7H9Cl/c1-3-5-6-7(8)4-2/h3-6H,2H2,1H3/b5-3+,7-6+. The van der Waals surface area contributed by atoms with E-state index in [0.29, 0.717) is 5.03 Å². The summed E-state index contributed by atoms with van der Waals surface area (Å²) in [6.07, 6.45) is 7.16. The van der Waals surface area contributed by atoms with Crippen LogP contribution >= 0.6 is 11.6 Å². The summed E-state index contributed by atoms with van der Waals surface area (Å²) in [6, 6.07) is 0. The second-order valence-electron chi connectivity index (χ2n) is 1.28. The number of hydrogen-bond donors (Lipinski definition) is 0. The molecule has 44 valence electrons. The Balaban J connectivity index is 3.74. The SMILES string of the molecule is C=C/C(Cl)=C\C=C\C. The van der Waals surface area contributed by atoms with E-state index in [1.807, 2.05) is 19.1 Å². The van der Waals surface area contributed by atoms with Crippen LogP contribution in [0, 0.1) is 0 Å². The van der Waals surface area contributed by atoms with Crippen molar-refractivity contribution in [2.24, 2.45) is 0 Å². The molecule has 0 fully saturated rings. The topological polar surface area (TPSA) is 0 Å². The lowest BCUT2D eigenvalue weighted by Crippen LogP contribution is -1.55. The molecule has 0 aliphatic heterocycles. The maximum Gasteiger partial charge on any atom is 0.0399 e. The lowest BCUT2D eigenvalue weighted by Gasteiger charge is -1.78. The molecular weight excluding hydrogens is 120 g/mol. The van der Waals surface area contributed by atoms with Gasteiger partial charge in [-0.05, 0) is 13.0 Å². The van der Waals surface area contributed by atoms with Gasteiger partial charge >= 0.3 is 0 Å². The Kier molecular flexibility index (Phi) is 4.38. The summed E-state index contributed by atoms with van der Waals surface area (Å²) >= 11 is 5.54. The Morgan fingerprint density at radius 2 is 2.25 bits per heavy atom. The first-order valence-corrected chi connectivity index (χ1v) is 2.80. The van der Waals surface area contributed by atoms with Crippen molar-refractivity contribution in [3.05, 3.63) is 35.9 Å². The van der Waals surface area contributed by atoms with E-state index in [-0.39, 0.29) is 0 Å². The molecule has 0 atom stereocenters. The van der Waals surface area contributed by atoms with Crippen molar-refractivity contribution >= 4 is 11.6 Å². The van der Waals surface area contributed by atoms with E-state index in [9.17, 15) is 0 Å². The van der Waals surface area contributed by atoms with Crippen LogP contribution in [0.5, 0.6) is 0 Å². The Labute approximate surface area is 55.2 Å². The number of halogens is 1. The fourth-order valence-corrected chi connectivity index (χ4v) is 0.329. The van der Waals surface area contributed by atoms with Gasteiger partial charge in [-0.1, -0.05) is 36.4 Å². The van der Waals surface area contributed by atoms with Crippen LogP contribution in [0.25, 0.3) is 0 Å². The zero-order chi connectivity index (χ0) is 6.41. The quantitative estimate of drug-likeness (QED) is 0.502. The fourth-order valence-electron chi connectivity index (χ4n) is 0.256. The molecule has 0 aliphatic carbocycles. The summed E-state index contributed by atoms with van der Waals surface area (Å²) in [5.74, 6) is 0. The van der Waals surface area contributed by atoms with Crippen LogP contribution in [0.15, 0.2) is 35.9 Å². The summed E-state index contributed by atoms with van der Waals surface area (Å²) in [7, 11) is 0. The van der Waals surface area contributed by atoms with Gasteiger partial charge in [0.05, 0.1) is 0 Å². The van der Waals surface area contributed by atoms with Crippen LogP contribution < -0.4 is 0 Å². The Morgan fingerprint density at radius 1 is 1.62 bits per heavy atom. The maximum atomic E-state index is 5.54. The van der Waals surface area contributed by atoms with Crippen molar-refractivity contribution in [1.29, 1.82) is 0 Å². The minimum atomic E-state index is 0.670. The van der Waals surface area contributed by atoms with Gasteiger partial charge in [-0.3, -0.25) is 0 Å². The molecule has 0 unspecified atom stereocenters. The van der Waals surface area contributed by atoms with E-state index in [0.717, 1.165) is 0 Å². The minimum absolute atomic E-state index is 0.670. The average molecular weight is 129 g/mol. The van der Waals surface area contributed by atoms with Crippen molar-refractivity contribution in [2.75, 3.05) is 0 Å². The van der Waals surface area contributed by atoms with Crippen molar-refractivity contribution in [2.45, 2.75) is 6.92 Å². The summed E-state index contributed by atoms with van der Waals surface area (Å²) in [5, 5.41) is 0.670. The van der Waals surface area contributed by atoms with E-state index >= 15 is 0 Å². The van der Waals surface area contributed by atoms with Gasteiger partial charge in [0.15, 0.2) is 0 Å². The Morgan fingerprint density at radius 3 is 2.62 bits per heavy atom. The predicted octanol–water partition coefficient (Wildman–Crippen LogP) is 2.87. The molecule has 0 radical (unpaired) electrons. The second-order valence-corrected chi connectivity index (χ2v) is 1.72. The molecule has 0 rings (SSSR count). The van der Waals surface area contributed by atoms with E-state index in [2.05, 4.69) is 6.58 Å². The molecule has 0 saturated carbocycles. The molecule has 0 nitrogen and oxygen atoms in total. The van der Waals surface area contributed by atoms with Crippen LogP contribution in [0.2, 0.25) is 0 Å². The molecule has 0 amide bonds. The van der Waals surface area contributed by atoms with Gasteiger partial charge < -0.3 is 0 Å². The molecule has 0 aromatic rings. The highest BCUT2D eigenvalue weighted by molar-refractivity contribution is 6.31.